The largest absolute Gasteiger partial charge is 0.394 e. The van der Waals surface area contributed by atoms with Gasteiger partial charge in [-0.15, -0.1) is 0 Å². The van der Waals surface area contributed by atoms with Crippen LogP contribution in [0, 0.1) is 0 Å². The van der Waals surface area contributed by atoms with Gasteiger partial charge in [-0.1, -0.05) is 13.8 Å². The van der Waals surface area contributed by atoms with Gasteiger partial charge in [0.2, 0.25) is 0 Å². The van der Waals surface area contributed by atoms with Crippen LogP contribution in [0.25, 0.3) is 0 Å². The van der Waals surface area contributed by atoms with Crippen molar-refractivity contribution in [1.82, 2.24) is 15.1 Å². The lowest BCUT2D eigenvalue weighted by atomic mass is 10.00. The second kappa shape index (κ2) is 6.53. The van der Waals surface area contributed by atoms with E-state index in [0.717, 1.165) is 32.7 Å². The number of aliphatic hydroxyl groups excluding tert-OH is 1. The van der Waals surface area contributed by atoms with Crippen LogP contribution >= 0.6 is 0 Å². The van der Waals surface area contributed by atoms with Crippen LogP contribution in [0.4, 0.5) is 0 Å². The molecule has 4 heteroatoms. The third-order valence-electron chi connectivity index (χ3n) is 3.88. The Morgan fingerprint density at radius 2 is 1.58 bits per heavy atom. The van der Waals surface area contributed by atoms with Gasteiger partial charge in [-0.2, -0.15) is 0 Å². The van der Waals surface area contributed by atoms with Gasteiger partial charge in [0.05, 0.1) is 12.1 Å². The van der Waals surface area contributed by atoms with E-state index in [4.69, 9.17) is 0 Å². The van der Waals surface area contributed by atoms with Crippen LogP contribution < -0.4 is 5.32 Å². The van der Waals surface area contributed by atoms with E-state index in [1.807, 2.05) is 0 Å². The first-order valence-electron chi connectivity index (χ1n) is 7.52. The van der Waals surface area contributed by atoms with E-state index in [2.05, 4.69) is 56.7 Å². The Kier molecular flexibility index (Phi) is 5.80. The predicted octanol–water partition coefficient (Wildman–Crippen LogP) is 1.15. The lowest BCUT2D eigenvalue weighted by Gasteiger charge is -2.44. The number of aliphatic hydroxyl groups is 1. The van der Waals surface area contributed by atoms with E-state index >= 15 is 0 Å². The number of hydrogen-bond acceptors (Lipinski definition) is 4. The maximum absolute atomic E-state index is 9.65. The third-order valence-corrected chi connectivity index (χ3v) is 3.88. The molecule has 1 saturated heterocycles. The molecule has 0 bridgehead atoms. The lowest BCUT2D eigenvalue weighted by molar-refractivity contribution is 0.0380. The normalized spacial score (nSPS) is 22.7. The van der Waals surface area contributed by atoms with Crippen molar-refractivity contribution in [3.8, 4) is 0 Å². The lowest BCUT2D eigenvalue weighted by Crippen LogP contribution is -2.60. The molecule has 19 heavy (non-hydrogen) atoms. The fraction of sp³-hybridized carbons (Fsp3) is 1.00. The average molecular weight is 271 g/mol. The summed E-state index contributed by atoms with van der Waals surface area (Å²) in [6.45, 7) is 18.7. The van der Waals surface area contributed by atoms with Crippen LogP contribution in [-0.4, -0.2) is 71.4 Å². The zero-order valence-corrected chi connectivity index (χ0v) is 13.7. The number of hydrogen-bond donors (Lipinski definition) is 2. The van der Waals surface area contributed by atoms with Gasteiger partial charge < -0.3 is 10.4 Å². The molecule has 4 nitrogen and oxygen atoms in total. The zero-order valence-electron chi connectivity index (χ0n) is 13.7. The minimum atomic E-state index is -0.196. The van der Waals surface area contributed by atoms with Crippen LogP contribution in [-0.2, 0) is 0 Å². The van der Waals surface area contributed by atoms with Crippen molar-refractivity contribution in [2.45, 2.75) is 58.7 Å². The molecule has 2 N–H and O–H groups in total. The van der Waals surface area contributed by atoms with E-state index in [1.165, 1.54) is 0 Å². The Balaban J connectivity index is 2.47. The smallest absolute Gasteiger partial charge is 0.0623 e. The van der Waals surface area contributed by atoms with Crippen LogP contribution in [0.2, 0.25) is 0 Å². The summed E-state index contributed by atoms with van der Waals surface area (Å²) >= 11 is 0. The molecular formula is C15H33N3O. The Morgan fingerprint density at radius 3 is 1.95 bits per heavy atom. The highest BCUT2D eigenvalue weighted by atomic mass is 16.3. The van der Waals surface area contributed by atoms with Gasteiger partial charge in [-0.3, -0.25) is 9.80 Å². The predicted molar refractivity (Wildman–Crippen MR) is 81.5 cm³/mol. The fourth-order valence-electron chi connectivity index (χ4n) is 2.91. The summed E-state index contributed by atoms with van der Waals surface area (Å²) in [5.41, 5.74) is 0.0701. The molecule has 0 aromatic heterocycles. The maximum atomic E-state index is 9.65. The summed E-state index contributed by atoms with van der Waals surface area (Å²) in [5, 5.41) is 13.1. The summed E-state index contributed by atoms with van der Waals surface area (Å²) in [6.07, 6.45) is 0. The Labute approximate surface area is 119 Å². The van der Waals surface area contributed by atoms with Gasteiger partial charge in [0.25, 0.3) is 0 Å². The van der Waals surface area contributed by atoms with Gasteiger partial charge in [0.15, 0.2) is 0 Å². The molecule has 0 aliphatic carbocycles. The van der Waals surface area contributed by atoms with Crippen LogP contribution in [0.5, 0.6) is 0 Å². The highest BCUT2D eigenvalue weighted by Gasteiger charge is 2.31. The maximum Gasteiger partial charge on any atom is 0.0623 e. The Hall–Kier alpha value is -0.160. The van der Waals surface area contributed by atoms with E-state index < -0.39 is 0 Å². The van der Waals surface area contributed by atoms with Crippen LogP contribution in [0.3, 0.4) is 0 Å². The second-order valence-electron chi connectivity index (χ2n) is 7.45. The van der Waals surface area contributed by atoms with Crippen molar-refractivity contribution in [2.24, 2.45) is 0 Å². The third kappa shape index (κ3) is 5.38. The van der Waals surface area contributed by atoms with E-state index in [0.29, 0.717) is 6.04 Å². The number of rotatable bonds is 5. The van der Waals surface area contributed by atoms with Crippen LogP contribution in [0.15, 0.2) is 0 Å². The number of piperazine rings is 1. The quantitative estimate of drug-likeness (QED) is 0.787. The SMILES string of the molecule is CC(C)NC(C)(CO)CN1CCN(C(C)(C)C)CC1. The first-order valence-corrected chi connectivity index (χ1v) is 7.52. The van der Waals surface area contributed by atoms with Gasteiger partial charge in [-0.05, 0) is 27.7 Å². The first kappa shape index (κ1) is 16.9. The summed E-state index contributed by atoms with van der Waals surface area (Å²) < 4.78 is 0. The first-order chi connectivity index (χ1) is 8.66. The monoisotopic (exact) mass is 271 g/mol. The molecule has 0 saturated carbocycles. The van der Waals surface area contributed by atoms with Gasteiger partial charge in [0, 0.05) is 44.3 Å². The molecule has 1 atom stereocenters. The van der Waals surface area contributed by atoms with Crippen molar-refractivity contribution in [2.75, 3.05) is 39.3 Å². The highest BCUT2D eigenvalue weighted by molar-refractivity contribution is 4.90. The van der Waals surface area contributed by atoms with Gasteiger partial charge >= 0.3 is 0 Å². The van der Waals surface area contributed by atoms with Crippen molar-refractivity contribution in [3.05, 3.63) is 0 Å². The molecule has 0 spiro atoms. The van der Waals surface area contributed by atoms with Crippen LogP contribution in [0.1, 0.15) is 41.5 Å². The zero-order chi connectivity index (χ0) is 14.7. The van der Waals surface area contributed by atoms with E-state index in [-0.39, 0.29) is 17.7 Å². The standard InChI is InChI=1S/C15H33N3O/c1-13(2)16-15(6,12-19)11-17-7-9-18(10-8-17)14(3,4)5/h13,16,19H,7-12H2,1-6H3. The topological polar surface area (TPSA) is 38.7 Å². The molecule has 1 aliphatic rings. The number of nitrogens with one attached hydrogen (secondary N) is 1. The molecular weight excluding hydrogens is 238 g/mol. The molecule has 0 aromatic rings. The molecule has 1 rings (SSSR count). The van der Waals surface area contributed by atoms with Gasteiger partial charge in [-0.25, -0.2) is 0 Å². The van der Waals surface area contributed by atoms with E-state index in [1.54, 1.807) is 0 Å². The van der Waals surface area contributed by atoms with Gasteiger partial charge in [0.1, 0.15) is 0 Å². The molecule has 1 aliphatic heterocycles. The summed E-state index contributed by atoms with van der Waals surface area (Å²) in [6, 6.07) is 0.396. The minimum absolute atomic E-state index is 0.185. The number of nitrogens with zero attached hydrogens (tertiary/aromatic N) is 2. The summed E-state index contributed by atoms with van der Waals surface area (Å²) in [5.74, 6) is 0. The van der Waals surface area contributed by atoms with Crippen molar-refractivity contribution >= 4 is 0 Å². The fourth-order valence-corrected chi connectivity index (χ4v) is 2.91. The second-order valence-corrected chi connectivity index (χ2v) is 7.45. The Morgan fingerprint density at radius 1 is 1.05 bits per heavy atom. The van der Waals surface area contributed by atoms with Crippen molar-refractivity contribution in [3.63, 3.8) is 0 Å². The summed E-state index contributed by atoms with van der Waals surface area (Å²) in [4.78, 5) is 5.00. The average Bonchev–Trinajstić information content (AvgIpc) is 2.27. The molecule has 1 heterocycles. The Bertz CT molecular complexity index is 267. The molecule has 1 unspecified atom stereocenters. The van der Waals surface area contributed by atoms with Crippen molar-refractivity contribution < 1.29 is 5.11 Å². The van der Waals surface area contributed by atoms with Crippen molar-refractivity contribution in [1.29, 1.82) is 0 Å². The molecule has 114 valence electrons. The minimum Gasteiger partial charge on any atom is -0.394 e. The molecule has 0 radical (unpaired) electrons. The summed E-state index contributed by atoms with van der Waals surface area (Å²) in [7, 11) is 0. The molecule has 0 aromatic carbocycles. The molecule has 1 fully saturated rings. The highest BCUT2D eigenvalue weighted by Crippen LogP contribution is 2.17. The molecule has 0 amide bonds. The van der Waals surface area contributed by atoms with E-state index in [9.17, 15) is 5.11 Å².